The molecule has 0 aliphatic heterocycles. The molecule has 6 rings (SSSR count). The van der Waals surface area contributed by atoms with Crippen molar-refractivity contribution in [3.8, 4) is 0 Å². The topological polar surface area (TPSA) is 105 Å². The molecule has 0 spiro atoms. The molecule has 0 N–H and O–H groups in total. The van der Waals surface area contributed by atoms with Crippen molar-refractivity contribution in [1.82, 2.24) is 0 Å². The Balaban J connectivity index is 1.46. The lowest BCUT2D eigenvalue weighted by atomic mass is 9.86. The van der Waals surface area contributed by atoms with Gasteiger partial charge in [-0.25, -0.2) is 0 Å². The lowest BCUT2D eigenvalue weighted by molar-refractivity contribution is -0.181. The van der Waals surface area contributed by atoms with Gasteiger partial charge in [0.05, 0.1) is 9.40 Å². The summed E-state index contributed by atoms with van der Waals surface area (Å²) in [6.45, 7) is 3.37. The Morgan fingerprint density at radius 2 is 0.860 bits per heavy atom. The normalized spacial score (nSPS) is 20.7. The van der Waals surface area contributed by atoms with E-state index in [1.54, 1.807) is 26.0 Å². The summed E-state index contributed by atoms with van der Waals surface area (Å²) >= 11 is 2.75. The number of esters is 4. The highest BCUT2D eigenvalue weighted by Gasteiger charge is 2.39. The largest absolute Gasteiger partial charge is 0.457 e. The molecule has 16 heteroatoms. The zero-order valence-electron chi connectivity index (χ0n) is 26.6. The molecule has 2 heterocycles. The van der Waals surface area contributed by atoms with E-state index in [9.17, 15) is 45.5 Å². The van der Waals surface area contributed by atoms with E-state index >= 15 is 0 Å². The summed E-state index contributed by atoms with van der Waals surface area (Å²) in [5.41, 5.74) is 1.89. The second-order valence-corrected chi connectivity index (χ2v) is 14.3. The first kappa shape index (κ1) is 35.9. The Morgan fingerprint density at radius 1 is 0.560 bits per heavy atom. The molecule has 0 fully saturated rings. The molecule has 2 aromatic carbocycles. The third-order valence-electron chi connectivity index (χ3n) is 8.62. The van der Waals surface area contributed by atoms with E-state index in [1.807, 2.05) is 12.1 Å². The molecule has 50 heavy (non-hydrogen) atoms. The summed E-state index contributed by atoms with van der Waals surface area (Å²) in [5.74, 6) is -3.78. The van der Waals surface area contributed by atoms with Gasteiger partial charge in [0.25, 0.3) is 0 Å². The number of carbonyl (C=O) groups excluding carboxylic acids is 4. The Hall–Kier alpha value is -3.92. The van der Waals surface area contributed by atoms with E-state index in [0.29, 0.717) is 28.5 Å². The van der Waals surface area contributed by atoms with E-state index in [-0.39, 0.29) is 48.7 Å². The summed E-state index contributed by atoms with van der Waals surface area (Å²) in [4.78, 5) is 49.0. The fourth-order valence-corrected chi connectivity index (χ4v) is 9.16. The van der Waals surface area contributed by atoms with E-state index in [1.165, 1.54) is 22.7 Å². The predicted molar refractivity (Wildman–Crippen MR) is 170 cm³/mol. The number of ether oxygens (including phenoxy) is 4. The maximum Gasteiger partial charge on any atom is 0.399 e. The van der Waals surface area contributed by atoms with Crippen LogP contribution in [0.4, 0.5) is 26.3 Å². The minimum atomic E-state index is -4.81. The minimum absolute atomic E-state index is 0.0808. The van der Waals surface area contributed by atoms with Crippen LogP contribution in [0.2, 0.25) is 0 Å². The maximum atomic E-state index is 13.0. The van der Waals surface area contributed by atoms with Gasteiger partial charge in [-0.05, 0) is 49.9 Å². The molecule has 0 bridgehead atoms. The number of benzene rings is 2. The Kier molecular flexibility index (Phi) is 9.80. The smallest absolute Gasteiger partial charge is 0.399 e. The van der Waals surface area contributed by atoms with E-state index < -0.39 is 61.5 Å². The Bertz CT molecular complexity index is 1990. The standard InChI is InChI=1S/C34H30F6O8S2/c1-3-27(41)45-21-5-7-23(46-28(42)4-2)17-11-25-19(9-15(17)21)31-32(49-25)20-10-16-18(12-26(20)50-31)24(48-30(44)14-34(38,39)40)8-6-22(16)47-29(43)13-33(35,36)37/h9-12,21-24H,3-8,13-14H2,1-2H3. The molecule has 4 atom stereocenters. The highest BCUT2D eigenvalue weighted by molar-refractivity contribution is 7.36. The van der Waals surface area contributed by atoms with Gasteiger partial charge in [0.15, 0.2) is 0 Å². The maximum absolute atomic E-state index is 13.0. The van der Waals surface area contributed by atoms with Crippen LogP contribution in [0.5, 0.6) is 0 Å². The van der Waals surface area contributed by atoms with Gasteiger partial charge in [-0.2, -0.15) is 26.3 Å². The molecule has 0 amide bonds. The zero-order valence-corrected chi connectivity index (χ0v) is 28.3. The predicted octanol–water partition coefficient (Wildman–Crippen LogP) is 9.92. The number of fused-ring (bicyclic) bond motifs is 7. The quantitative estimate of drug-likeness (QED) is 0.0998. The van der Waals surface area contributed by atoms with Crippen LogP contribution >= 0.6 is 22.7 Å². The van der Waals surface area contributed by atoms with Crippen LogP contribution in [-0.4, -0.2) is 36.2 Å². The highest BCUT2D eigenvalue weighted by atomic mass is 32.1. The Morgan fingerprint density at radius 3 is 1.16 bits per heavy atom. The van der Waals surface area contributed by atoms with Crippen molar-refractivity contribution in [3.63, 3.8) is 0 Å². The van der Waals surface area contributed by atoms with Gasteiger partial charge in [0, 0.05) is 55.3 Å². The zero-order chi connectivity index (χ0) is 36.1. The van der Waals surface area contributed by atoms with Crippen LogP contribution in [0.15, 0.2) is 24.3 Å². The fourth-order valence-electron chi connectivity index (χ4n) is 6.46. The second kappa shape index (κ2) is 13.7. The second-order valence-electron chi connectivity index (χ2n) is 12.2. The molecule has 0 radical (unpaired) electrons. The summed E-state index contributed by atoms with van der Waals surface area (Å²) in [5, 5.41) is 1.47. The number of alkyl halides is 6. The van der Waals surface area contributed by atoms with Crippen LogP contribution in [0.25, 0.3) is 29.6 Å². The van der Waals surface area contributed by atoms with Crippen LogP contribution in [0.3, 0.4) is 0 Å². The van der Waals surface area contributed by atoms with E-state index in [4.69, 9.17) is 18.9 Å². The van der Waals surface area contributed by atoms with Crippen molar-refractivity contribution in [1.29, 1.82) is 0 Å². The van der Waals surface area contributed by atoms with Gasteiger partial charge in [0.1, 0.15) is 37.3 Å². The fraction of sp³-hybridized carbons (Fsp3) is 0.471. The SMILES string of the molecule is CCC(=O)OC1CCC(OC(=O)CC)c2cc3c(cc21)sc1c2cc4c(cc2sc31)C(OC(=O)CC(F)(F)F)CCC4OC(=O)CC(F)(F)F. The van der Waals surface area contributed by atoms with Crippen molar-refractivity contribution >= 4 is 76.1 Å². The average molecular weight is 745 g/mol. The number of carbonyl (C=O) groups is 4. The highest BCUT2D eigenvalue weighted by Crippen LogP contribution is 2.51. The van der Waals surface area contributed by atoms with Gasteiger partial charge in [-0.3, -0.25) is 19.2 Å². The molecular weight excluding hydrogens is 714 g/mol. The number of rotatable bonds is 8. The van der Waals surface area contributed by atoms with E-state index in [2.05, 4.69) is 0 Å². The van der Waals surface area contributed by atoms with Crippen molar-refractivity contribution in [2.45, 2.75) is 102 Å². The van der Waals surface area contributed by atoms with E-state index in [0.717, 1.165) is 25.0 Å². The summed E-state index contributed by atoms with van der Waals surface area (Å²) in [6, 6.07) is 7.06. The van der Waals surface area contributed by atoms with Gasteiger partial charge < -0.3 is 18.9 Å². The summed E-state index contributed by atoms with van der Waals surface area (Å²) < 4.78 is 103. The molecular formula is C34H30F6O8S2. The first-order valence-corrected chi connectivity index (χ1v) is 17.5. The minimum Gasteiger partial charge on any atom is -0.457 e. The van der Waals surface area contributed by atoms with Crippen LogP contribution < -0.4 is 0 Å². The molecule has 0 saturated heterocycles. The van der Waals surface area contributed by atoms with Crippen molar-refractivity contribution in [2.24, 2.45) is 0 Å². The lowest BCUT2D eigenvalue weighted by Crippen LogP contribution is -2.25. The number of halogens is 6. The summed E-state index contributed by atoms with van der Waals surface area (Å²) in [6.07, 6.45) is -15.6. The molecule has 2 aliphatic rings. The van der Waals surface area contributed by atoms with Gasteiger partial charge in [-0.15, -0.1) is 22.7 Å². The summed E-state index contributed by atoms with van der Waals surface area (Å²) in [7, 11) is 0. The van der Waals surface area contributed by atoms with Crippen molar-refractivity contribution < 1.29 is 64.5 Å². The molecule has 4 aromatic rings. The lowest BCUT2D eigenvalue weighted by Gasteiger charge is -2.31. The number of thiophene rings is 2. The number of hydrogen-bond acceptors (Lipinski definition) is 10. The van der Waals surface area contributed by atoms with Crippen molar-refractivity contribution in [2.75, 3.05) is 0 Å². The van der Waals surface area contributed by atoms with Gasteiger partial charge in [-0.1, -0.05) is 13.8 Å². The monoisotopic (exact) mass is 744 g/mol. The Labute approximate surface area is 288 Å². The molecule has 2 aliphatic carbocycles. The molecule has 268 valence electrons. The van der Waals surface area contributed by atoms with Gasteiger partial charge in [0.2, 0.25) is 0 Å². The van der Waals surface area contributed by atoms with Gasteiger partial charge >= 0.3 is 36.2 Å². The van der Waals surface area contributed by atoms with Crippen LogP contribution in [0.1, 0.15) is 112 Å². The first-order chi connectivity index (χ1) is 23.5. The molecule has 8 nitrogen and oxygen atoms in total. The third-order valence-corrected chi connectivity index (χ3v) is 11.1. The van der Waals surface area contributed by atoms with Crippen LogP contribution in [-0.2, 0) is 38.1 Å². The van der Waals surface area contributed by atoms with Crippen LogP contribution in [0, 0.1) is 0 Å². The average Bonchev–Trinajstić information content (AvgIpc) is 3.55. The molecule has 0 saturated carbocycles. The third kappa shape index (κ3) is 7.55. The molecule has 4 unspecified atom stereocenters. The van der Waals surface area contributed by atoms with Crippen molar-refractivity contribution in [3.05, 3.63) is 46.5 Å². The first-order valence-electron chi connectivity index (χ1n) is 15.9. The number of hydrogen-bond donors (Lipinski definition) is 0. The molecule has 2 aromatic heterocycles.